The lowest BCUT2D eigenvalue weighted by Gasteiger charge is -2.38. The number of hydrogen-bond donors (Lipinski definition) is 0. The zero-order valence-corrected chi connectivity index (χ0v) is 18.5. The van der Waals surface area contributed by atoms with Crippen LogP contribution in [0, 0.1) is 0 Å². The third-order valence-electron chi connectivity index (χ3n) is 6.04. The van der Waals surface area contributed by atoms with Gasteiger partial charge in [0.1, 0.15) is 5.75 Å². The molecule has 0 saturated carbocycles. The predicted octanol–water partition coefficient (Wildman–Crippen LogP) is 6.12. The lowest BCUT2D eigenvalue weighted by molar-refractivity contribution is -0.0209. The number of unbranched alkanes of at least 4 members (excludes halogenated alkanes) is 1. The van der Waals surface area contributed by atoms with E-state index in [2.05, 4.69) is 54.4 Å². The van der Waals surface area contributed by atoms with Crippen molar-refractivity contribution in [3.8, 4) is 17.2 Å². The summed E-state index contributed by atoms with van der Waals surface area (Å²) in [5, 5.41) is 7.12. The molecular weight excluding hydrogens is 400 g/mol. The topological polar surface area (TPSA) is 43.3 Å². The summed E-state index contributed by atoms with van der Waals surface area (Å²) in [7, 11) is 1.68. The summed E-state index contributed by atoms with van der Waals surface area (Å²) in [6, 6.07) is 24.7. The Kier molecular flexibility index (Phi) is 5.71. The molecule has 2 aliphatic rings. The van der Waals surface area contributed by atoms with E-state index in [0.29, 0.717) is 0 Å². The molecule has 0 aromatic heterocycles. The zero-order chi connectivity index (χ0) is 21.9. The van der Waals surface area contributed by atoms with Crippen LogP contribution in [0.3, 0.4) is 0 Å². The van der Waals surface area contributed by atoms with Crippen molar-refractivity contribution in [3.63, 3.8) is 0 Å². The van der Waals surface area contributed by atoms with Gasteiger partial charge >= 0.3 is 0 Å². The maximum atomic E-state index is 6.53. The molecule has 0 fully saturated rings. The van der Waals surface area contributed by atoms with Crippen molar-refractivity contribution in [1.29, 1.82) is 0 Å². The highest BCUT2D eigenvalue weighted by atomic mass is 16.5. The highest BCUT2D eigenvalue weighted by molar-refractivity contribution is 6.01. The predicted molar refractivity (Wildman–Crippen MR) is 125 cm³/mol. The van der Waals surface area contributed by atoms with E-state index in [9.17, 15) is 0 Å². The fourth-order valence-electron chi connectivity index (χ4n) is 4.33. The molecule has 0 N–H and O–H groups in total. The van der Waals surface area contributed by atoms with Crippen molar-refractivity contribution >= 4 is 5.71 Å². The number of para-hydroxylation sites is 1. The first-order valence-corrected chi connectivity index (χ1v) is 11.3. The third-order valence-corrected chi connectivity index (χ3v) is 6.04. The molecular formula is C27H28N2O3. The van der Waals surface area contributed by atoms with Gasteiger partial charge < -0.3 is 14.2 Å². The van der Waals surface area contributed by atoms with Crippen molar-refractivity contribution in [2.45, 2.75) is 38.5 Å². The van der Waals surface area contributed by atoms with Gasteiger partial charge in [0.2, 0.25) is 6.23 Å². The fourth-order valence-corrected chi connectivity index (χ4v) is 4.33. The van der Waals surface area contributed by atoms with Gasteiger partial charge in [0.15, 0.2) is 11.5 Å². The van der Waals surface area contributed by atoms with Gasteiger partial charge in [0, 0.05) is 17.5 Å². The van der Waals surface area contributed by atoms with Gasteiger partial charge in [-0.1, -0.05) is 55.8 Å². The second kappa shape index (κ2) is 8.95. The van der Waals surface area contributed by atoms with Crippen molar-refractivity contribution in [1.82, 2.24) is 5.01 Å². The van der Waals surface area contributed by atoms with Crippen LogP contribution in [0.4, 0.5) is 0 Å². The zero-order valence-electron chi connectivity index (χ0n) is 18.5. The maximum Gasteiger partial charge on any atom is 0.214 e. The van der Waals surface area contributed by atoms with Gasteiger partial charge in [-0.3, -0.25) is 0 Å². The molecule has 5 heteroatoms. The quantitative estimate of drug-likeness (QED) is 0.426. The standard InChI is InChI=1S/C27H28N2O3/c1-3-4-17-31-21-15-13-20(14-16-21)27-29-24(18-23(28-29)19-9-6-5-7-10-19)22-11-8-12-25(30-2)26(22)32-27/h5-16,24,27H,3-4,17-18H2,1-2H3/t24-,27+/m0/s1. The molecule has 2 atom stereocenters. The molecule has 3 aromatic carbocycles. The average molecular weight is 429 g/mol. The van der Waals surface area contributed by atoms with Crippen LogP contribution >= 0.6 is 0 Å². The van der Waals surface area contributed by atoms with E-state index in [1.807, 2.05) is 30.3 Å². The first kappa shape index (κ1) is 20.4. The number of ether oxygens (including phenoxy) is 3. The van der Waals surface area contributed by atoms with Crippen LogP contribution in [0.2, 0.25) is 0 Å². The summed E-state index contributed by atoms with van der Waals surface area (Å²) in [5.41, 5.74) is 4.35. The first-order valence-electron chi connectivity index (χ1n) is 11.3. The molecule has 0 bridgehead atoms. The highest BCUT2D eigenvalue weighted by Crippen LogP contribution is 2.50. The Hall–Kier alpha value is -3.47. The summed E-state index contributed by atoms with van der Waals surface area (Å²) in [4.78, 5) is 0. The number of hydrogen-bond acceptors (Lipinski definition) is 5. The molecule has 3 aromatic rings. The molecule has 2 aliphatic heterocycles. The molecule has 0 spiro atoms. The summed E-state index contributed by atoms with van der Waals surface area (Å²) in [6.07, 6.45) is 2.65. The van der Waals surface area contributed by atoms with Crippen LogP contribution in [0.5, 0.6) is 17.2 Å². The van der Waals surface area contributed by atoms with Crippen LogP contribution in [-0.4, -0.2) is 24.4 Å². The van der Waals surface area contributed by atoms with Crippen LogP contribution in [0.15, 0.2) is 77.9 Å². The van der Waals surface area contributed by atoms with E-state index in [4.69, 9.17) is 19.3 Å². The third kappa shape index (κ3) is 3.79. The maximum absolute atomic E-state index is 6.53. The van der Waals surface area contributed by atoms with Crippen LogP contribution in [0.25, 0.3) is 0 Å². The van der Waals surface area contributed by atoms with E-state index < -0.39 is 0 Å². The summed E-state index contributed by atoms with van der Waals surface area (Å²) < 4.78 is 18.0. The number of hydrazone groups is 1. The summed E-state index contributed by atoms with van der Waals surface area (Å²) in [5.74, 6) is 2.43. The van der Waals surface area contributed by atoms with Gasteiger partial charge in [-0.15, -0.1) is 0 Å². The number of nitrogens with zero attached hydrogens (tertiary/aromatic N) is 2. The Balaban J connectivity index is 1.50. The van der Waals surface area contributed by atoms with Crippen molar-refractivity contribution < 1.29 is 14.2 Å². The molecule has 0 unspecified atom stereocenters. The van der Waals surface area contributed by atoms with Crippen molar-refractivity contribution in [2.75, 3.05) is 13.7 Å². The SMILES string of the molecule is CCCCOc1ccc([C@H]2Oc3c(OC)cccc3[C@@H]3CC(c4ccccc4)=NN23)cc1. The summed E-state index contributed by atoms with van der Waals surface area (Å²) in [6.45, 7) is 2.90. The minimum absolute atomic E-state index is 0.0922. The minimum atomic E-state index is -0.338. The Morgan fingerprint density at radius 1 is 1.00 bits per heavy atom. The average Bonchev–Trinajstić information content (AvgIpc) is 3.30. The van der Waals surface area contributed by atoms with Crippen molar-refractivity contribution in [3.05, 3.63) is 89.5 Å². The van der Waals surface area contributed by atoms with E-state index in [1.165, 1.54) is 0 Å². The van der Waals surface area contributed by atoms with E-state index in [-0.39, 0.29) is 12.3 Å². The Labute approximate surface area is 189 Å². The molecule has 164 valence electrons. The van der Waals surface area contributed by atoms with Gasteiger partial charge in [-0.25, -0.2) is 5.01 Å². The lowest BCUT2D eigenvalue weighted by atomic mass is 9.95. The van der Waals surface area contributed by atoms with Crippen LogP contribution in [0.1, 0.15) is 55.1 Å². The number of fused-ring (bicyclic) bond motifs is 3. The molecule has 5 nitrogen and oxygen atoms in total. The highest BCUT2D eigenvalue weighted by Gasteiger charge is 2.42. The monoisotopic (exact) mass is 428 g/mol. The fraction of sp³-hybridized carbons (Fsp3) is 0.296. The molecule has 0 aliphatic carbocycles. The first-order chi connectivity index (χ1) is 15.8. The van der Waals surface area contributed by atoms with Crippen LogP contribution < -0.4 is 14.2 Å². The van der Waals surface area contributed by atoms with Gasteiger partial charge in [0.25, 0.3) is 0 Å². The molecule has 5 rings (SSSR count). The van der Waals surface area contributed by atoms with Crippen molar-refractivity contribution in [2.24, 2.45) is 5.10 Å². The normalized spacial score (nSPS) is 18.9. The second-order valence-electron chi connectivity index (χ2n) is 8.13. The minimum Gasteiger partial charge on any atom is -0.494 e. The van der Waals surface area contributed by atoms with E-state index >= 15 is 0 Å². The molecule has 0 saturated heterocycles. The number of benzene rings is 3. The molecule has 32 heavy (non-hydrogen) atoms. The lowest BCUT2D eigenvalue weighted by Crippen LogP contribution is -2.33. The molecule has 0 radical (unpaired) electrons. The van der Waals surface area contributed by atoms with E-state index in [0.717, 1.165) is 65.5 Å². The molecule has 2 heterocycles. The Morgan fingerprint density at radius 3 is 2.56 bits per heavy atom. The van der Waals surface area contributed by atoms with E-state index in [1.54, 1.807) is 7.11 Å². The number of rotatable bonds is 7. The van der Waals surface area contributed by atoms with Gasteiger partial charge in [0.05, 0.1) is 25.5 Å². The van der Waals surface area contributed by atoms with Crippen LogP contribution in [-0.2, 0) is 0 Å². The molecule has 0 amide bonds. The number of methoxy groups -OCH3 is 1. The summed E-state index contributed by atoms with van der Waals surface area (Å²) >= 11 is 0. The Morgan fingerprint density at radius 2 is 1.81 bits per heavy atom. The van der Waals surface area contributed by atoms with Gasteiger partial charge in [-0.05, 0) is 42.3 Å². The second-order valence-corrected chi connectivity index (χ2v) is 8.13. The Bertz CT molecular complexity index is 1100. The van der Waals surface area contributed by atoms with Gasteiger partial charge in [-0.2, -0.15) is 5.10 Å². The smallest absolute Gasteiger partial charge is 0.214 e. The largest absolute Gasteiger partial charge is 0.494 e.